The maximum atomic E-state index is 10.4. The molecule has 7 heteroatoms. The highest BCUT2D eigenvalue weighted by Crippen LogP contribution is 1.85. The minimum Gasteiger partial charge on any atom is -0.435 e. The highest BCUT2D eigenvalue weighted by atomic mass is 17.0. The second-order valence-electron chi connectivity index (χ2n) is 1.59. The number of nitrogens with zero attached hydrogens (tertiary/aromatic N) is 1. The number of hydrogen-bond acceptors (Lipinski definition) is 6. The molecule has 0 amide bonds. The molecule has 0 radical (unpaired) electrons. The number of carbonyl (C=O) groups excluding carboxylic acids is 1. The van der Waals surface area contributed by atoms with Gasteiger partial charge in [-0.3, -0.25) is 0 Å². The van der Waals surface area contributed by atoms with Crippen molar-refractivity contribution in [2.45, 2.75) is 6.92 Å². The highest BCUT2D eigenvalue weighted by molar-refractivity contribution is 5.59. The van der Waals surface area contributed by atoms with Crippen LogP contribution in [0.2, 0.25) is 0 Å². The van der Waals surface area contributed by atoms with Crippen LogP contribution in [0.4, 0.5) is 4.79 Å². The Morgan fingerprint density at radius 1 is 1.42 bits per heavy atom. The normalized spacial score (nSPS) is 8.75. The molecule has 0 fully saturated rings. The third-order valence-electron chi connectivity index (χ3n) is 0.762. The third-order valence-corrected chi connectivity index (χ3v) is 0.762. The van der Waals surface area contributed by atoms with Gasteiger partial charge < -0.3 is 14.3 Å². The standard InChI is InChI=1S/C5H9NO6/c1-2-10-5(7)11-3-4-12-6(8)9/h2-4H2,1H3. The van der Waals surface area contributed by atoms with Crippen molar-refractivity contribution in [3.8, 4) is 0 Å². The quantitative estimate of drug-likeness (QED) is 0.262. The number of hydrogen-bond donors (Lipinski definition) is 0. The van der Waals surface area contributed by atoms with Crippen molar-refractivity contribution in [1.82, 2.24) is 0 Å². The van der Waals surface area contributed by atoms with E-state index in [2.05, 4.69) is 14.3 Å². The van der Waals surface area contributed by atoms with E-state index in [1.165, 1.54) is 0 Å². The minimum absolute atomic E-state index is 0.195. The van der Waals surface area contributed by atoms with Crippen LogP contribution in [0.15, 0.2) is 0 Å². The fourth-order valence-electron chi connectivity index (χ4n) is 0.396. The Kier molecular flexibility index (Phi) is 5.41. The molecular formula is C5H9NO6. The maximum absolute atomic E-state index is 10.4. The summed E-state index contributed by atoms with van der Waals surface area (Å²) in [6, 6.07) is 0. The van der Waals surface area contributed by atoms with Gasteiger partial charge in [-0.05, 0) is 6.92 Å². The van der Waals surface area contributed by atoms with E-state index in [1.807, 2.05) is 0 Å². The third kappa shape index (κ3) is 6.59. The Morgan fingerprint density at radius 3 is 2.58 bits per heavy atom. The lowest BCUT2D eigenvalue weighted by molar-refractivity contribution is -0.757. The lowest BCUT2D eigenvalue weighted by atomic mass is 10.8. The van der Waals surface area contributed by atoms with Crippen LogP contribution in [0.25, 0.3) is 0 Å². The van der Waals surface area contributed by atoms with Crippen molar-refractivity contribution in [2.24, 2.45) is 0 Å². The predicted octanol–water partition coefficient (Wildman–Crippen LogP) is 0.368. The van der Waals surface area contributed by atoms with Gasteiger partial charge in [0.1, 0.15) is 13.2 Å². The fraction of sp³-hybridized carbons (Fsp3) is 0.800. The first-order chi connectivity index (χ1) is 5.66. The molecule has 0 bridgehead atoms. The van der Waals surface area contributed by atoms with Crippen LogP contribution < -0.4 is 0 Å². The van der Waals surface area contributed by atoms with E-state index < -0.39 is 11.2 Å². The van der Waals surface area contributed by atoms with Gasteiger partial charge in [0.15, 0.2) is 0 Å². The molecule has 12 heavy (non-hydrogen) atoms. The zero-order chi connectivity index (χ0) is 9.40. The Labute approximate surface area is 68.3 Å². The molecule has 0 atom stereocenters. The van der Waals surface area contributed by atoms with Gasteiger partial charge in [-0.2, -0.15) is 0 Å². The van der Waals surface area contributed by atoms with Crippen LogP contribution >= 0.6 is 0 Å². The van der Waals surface area contributed by atoms with E-state index >= 15 is 0 Å². The van der Waals surface area contributed by atoms with Crippen LogP contribution in [-0.4, -0.2) is 31.1 Å². The van der Waals surface area contributed by atoms with Gasteiger partial charge in [0.2, 0.25) is 0 Å². The molecule has 70 valence electrons. The molecule has 0 saturated heterocycles. The largest absolute Gasteiger partial charge is 0.508 e. The van der Waals surface area contributed by atoms with E-state index in [0.717, 1.165) is 0 Å². The molecule has 0 N–H and O–H groups in total. The first-order valence-corrected chi connectivity index (χ1v) is 3.23. The molecule has 0 aromatic carbocycles. The van der Waals surface area contributed by atoms with Crippen molar-refractivity contribution < 1.29 is 24.2 Å². The van der Waals surface area contributed by atoms with Gasteiger partial charge in [-0.1, -0.05) is 0 Å². The monoisotopic (exact) mass is 179 g/mol. The summed E-state index contributed by atoms with van der Waals surface area (Å²) in [5, 5.41) is 8.62. The second kappa shape index (κ2) is 6.20. The van der Waals surface area contributed by atoms with Crippen molar-refractivity contribution in [2.75, 3.05) is 19.8 Å². The molecule has 0 aromatic heterocycles. The van der Waals surface area contributed by atoms with E-state index in [4.69, 9.17) is 0 Å². The Hall–Kier alpha value is -1.53. The molecule has 0 aliphatic heterocycles. The van der Waals surface area contributed by atoms with Gasteiger partial charge >= 0.3 is 6.16 Å². The zero-order valence-electron chi connectivity index (χ0n) is 6.52. The summed E-state index contributed by atoms with van der Waals surface area (Å²) < 4.78 is 8.70. The summed E-state index contributed by atoms with van der Waals surface area (Å²) >= 11 is 0. The fourth-order valence-corrected chi connectivity index (χ4v) is 0.396. The van der Waals surface area contributed by atoms with Gasteiger partial charge in [-0.25, -0.2) is 4.79 Å². The van der Waals surface area contributed by atoms with Crippen LogP contribution in [-0.2, 0) is 14.3 Å². The topological polar surface area (TPSA) is 87.9 Å². The SMILES string of the molecule is CCOC(=O)OCCO[N+](=O)[O-]. The number of rotatable bonds is 5. The average Bonchev–Trinajstić information content (AvgIpc) is 1.98. The van der Waals surface area contributed by atoms with Crippen LogP contribution in [0.5, 0.6) is 0 Å². The molecule has 0 saturated carbocycles. The van der Waals surface area contributed by atoms with Crippen LogP contribution in [0, 0.1) is 10.1 Å². The number of carbonyl (C=O) groups is 1. The lowest BCUT2D eigenvalue weighted by Gasteiger charge is -2.02. The van der Waals surface area contributed by atoms with Crippen LogP contribution in [0.1, 0.15) is 6.92 Å². The van der Waals surface area contributed by atoms with Crippen molar-refractivity contribution in [3.05, 3.63) is 10.1 Å². The first kappa shape index (κ1) is 10.5. The zero-order valence-corrected chi connectivity index (χ0v) is 6.52. The summed E-state index contributed by atoms with van der Waals surface area (Å²) in [6.45, 7) is 1.34. The Bertz CT molecular complexity index is 158. The molecule has 0 aromatic rings. The predicted molar refractivity (Wildman–Crippen MR) is 35.9 cm³/mol. The van der Waals surface area contributed by atoms with Crippen molar-refractivity contribution in [3.63, 3.8) is 0 Å². The highest BCUT2D eigenvalue weighted by Gasteiger charge is 2.01. The molecule has 0 spiro atoms. The maximum Gasteiger partial charge on any atom is 0.508 e. The number of ether oxygens (including phenoxy) is 2. The van der Waals surface area contributed by atoms with Crippen LogP contribution in [0.3, 0.4) is 0 Å². The summed E-state index contributed by atoms with van der Waals surface area (Å²) in [5.74, 6) is 0. The van der Waals surface area contributed by atoms with Gasteiger partial charge in [0.05, 0.1) is 6.61 Å². The van der Waals surface area contributed by atoms with Crippen molar-refractivity contribution in [1.29, 1.82) is 0 Å². The molecule has 0 rings (SSSR count). The minimum atomic E-state index is -0.964. The summed E-state index contributed by atoms with van der Waals surface area (Å²) in [6.07, 6.45) is -0.857. The molecule has 0 aliphatic carbocycles. The van der Waals surface area contributed by atoms with E-state index in [9.17, 15) is 14.9 Å². The molecule has 7 nitrogen and oxygen atoms in total. The smallest absolute Gasteiger partial charge is 0.435 e. The molecule has 0 heterocycles. The van der Waals surface area contributed by atoms with Gasteiger partial charge in [0.25, 0.3) is 5.09 Å². The van der Waals surface area contributed by atoms with E-state index in [0.29, 0.717) is 0 Å². The first-order valence-electron chi connectivity index (χ1n) is 3.23. The average molecular weight is 179 g/mol. The van der Waals surface area contributed by atoms with E-state index in [1.54, 1.807) is 6.92 Å². The summed E-state index contributed by atoms with van der Waals surface area (Å²) in [4.78, 5) is 23.9. The second-order valence-corrected chi connectivity index (χ2v) is 1.59. The lowest BCUT2D eigenvalue weighted by Crippen LogP contribution is -2.13. The van der Waals surface area contributed by atoms with E-state index in [-0.39, 0.29) is 19.8 Å². The molecule has 0 unspecified atom stereocenters. The van der Waals surface area contributed by atoms with Gasteiger partial charge in [0, 0.05) is 0 Å². The van der Waals surface area contributed by atoms with Crippen molar-refractivity contribution >= 4 is 6.16 Å². The Balaban J connectivity index is 3.19. The molecular weight excluding hydrogens is 170 g/mol. The molecule has 0 aliphatic rings. The van der Waals surface area contributed by atoms with Gasteiger partial charge in [-0.15, -0.1) is 10.1 Å². The summed E-state index contributed by atoms with van der Waals surface area (Å²) in [7, 11) is 0. The summed E-state index contributed by atoms with van der Waals surface area (Å²) in [5.41, 5.74) is 0. The Morgan fingerprint density at radius 2 is 2.08 bits per heavy atom.